The molecule has 3 heteroatoms. The quantitative estimate of drug-likeness (QED) is 0.686. The molecule has 1 aliphatic carbocycles. The van der Waals surface area contributed by atoms with E-state index in [0.717, 1.165) is 6.41 Å². The minimum atomic E-state index is 0.483. The van der Waals surface area contributed by atoms with Crippen LogP contribution in [0.4, 0.5) is 0 Å². The molecule has 2 aliphatic rings. The molecule has 2 N–H and O–H groups in total. The summed E-state index contributed by atoms with van der Waals surface area (Å²) in [5, 5.41) is 6.09. The van der Waals surface area contributed by atoms with Crippen molar-refractivity contribution in [2.45, 2.75) is 57.4 Å². The number of amides is 1. The Balaban J connectivity index is 0.000000162. The van der Waals surface area contributed by atoms with Crippen LogP contribution in [0.25, 0.3) is 0 Å². The third kappa shape index (κ3) is 6.50. The van der Waals surface area contributed by atoms with Gasteiger partial charge in [0, 0.05) is 6.04 Å². The van der Waals surface area contributed by atoms with Crippen molar-refractivity contribution in [2.24, 2.45) is 0 Å². The molecular weight excluding hydrogens is 188 g/mol. The fourth-order valence-corrected chi connectivity index (χ4v) is 2.17. The van der Waals surface area contributed by atoms with E-state index in [2.05, 4.69) is 10.6 Å². The number of hydrogen-bond donors (Lipinski definition) is 2. The van der Waals surface area contributed by atoms with Crippen molar-refractivity contribution in [2.75, 3.05) is 13.1 Å². The minimum Gasteiger partial charge on any atom is -0.356 e. The van der Waals surface area contributed by atoms with Crippen molar-refractivity contribution in [3.63, 3.8) is 0 Å². The van der Waals surface area contributed by atoms with Gasteiger partial charge in [0.1, 0.15) is 0 Å². The van der Waals surface area contributed by atoms with E-state index < -0.39 is 0 Å². The second kappa shape index (κ2) is 8.72. The Morgan fingerprint density at radius 3 is 1.93 bits per heavy atom. The van der Waals surface area contributed by atoms with Crippen LogP contribution < -0.4 is 10.6 Å². The summed E-state index contributed by atoms with van der Waals surface area (Å²) >= 11 is 0. The molecule has 0 aromatic rings. The van der Waals surface area contributed by atoms with E-state index in [4.69, 9.17) is 0 Å². The van der Waals surface area contributed by atoms with Crippen molar-refractivity contribution < 1.29 is 4.79 Å². The van der Waals surface area contributed by atoms with Crippen LogP contribution in [0.1, 0.15) is 51.4 Å². The summed E-state index contributed by atoms with van der Waals surface area (Å²) < 4.78 is 0. The van der Waals surface area contributed by atoms with Gasteiger partial charge in [0.2, 0.25) is 6.41 Å². The van der Waals surface area contributed by atoms with Gasteiger partial charge < -0.3 is 10.6 Å². The maximum atomic E-state index is 9.96. The lowest BCUT2D eigenvalue weighted by molar-refractivity contribution is -0.110. The molecule has 0 spiro atoms. The first-order chi connectivity index (χ1) is 7.43. The van der Waals surface area contributed by atoms with E-state index in [1.165, 1.54) is 64.5 Å². The normalized spacial score (nSPS) is 22.4. The molecule has 1 amide bonds. The Morgan fingerprint density at radius 2 is 1.53 bits per heavy atom. The maximum absolute atomic E-state index is 9.96. The number of piperidine rings is 1. The molecule has 0 atom stereocenters. The first-order valence-electron chi connectivity index (χ1n) is 6.34. The van der Waals surface area contributed by atoms with Gasteiger partial charge in [-0.15, -0.1) is 0 Å². The molecule has 0 aromatic heterocycles. The average molecular weight is 212 g/mol. The molecule has 15 heavy (non-hydrogen) atoms. The SMILES string of the molecule is C1CCNCC1.O=CNC1CCCCC1. The highest BCUT2D eigenvalue weighted by atomic mass is 16.1. The third-order valence-corrected chi connectivity index (χ3v) is 3.12. The van der Waals surface area contributed by atoms with Gasteiger partial charge in [-0.05, 0) is 38.8 Å². The molecule has 88 valence electrons. The summed E-state index contributed by atoms with van der Waals surface area (Å²) in [5.41, 5.74) is 0. The van der Waals surface area contributed by atoms with Crippen molar-refractivity contribution in [1.82, 2.24) is 10.6 Å². The van der Waals surface area contributed by atoms with E-state index in [0.29, 0.717) is 6.04 Å². The lowest BCUT2D eigenvalue weighted by atomic mass is 9.96. The van der Waals surface area contributed by atoms with Crippen LogP contribution in [0.5, 0.6) is 0 Å². The smallest absolute Gasteiger partial charge is 0.207 e. The molecule has 1 heterocycles. The first kappa shape index (κ1) is 12.5. The van der Waals surface area contributed by atoms with Crippen LogP contribution in [0.2, 0.25) is 0 Å². The van der Waals surface area contributed by atoms with E-state index >= 15 is 0 Å². The summed E-state index contributed by atoms with van der Waals surface area (Å²) in [6.45, 7) is 2.50. The van der Waals surface area contributed by atoms with Crippen LogP contribution in [0.3, 0.4) is 0 Å². The zero-order valence-electron chi connectivity index (χ0n) is 9.63. The summed E-state index contributed by atoms with van der Waals surface area (Å²) in [6, 6.07) is 0.483. The Hall–Kier alpha value is -0.570. The predicted octanol–water partition coefficient (Wildman–Crippen LogP) is 1.82. The van der Waals surface area contributed by atoms with Gasteiger partial charge in [0.15, 0.2) is 0 Å². The standard InChI is InChI=1S/C7H13NO.C5H11N/c9-6-8-7-4-2-1-3-5-7;1-2-4-6-5-3-1/h6-7H,1-5H2,(H,8,9);6H,1-5H2. The summed E-state index contributed by atoms with van der Waals surface area (Å²) in [6.07, 6.45) is 11.3. The van der Waals surface area contributed by atoms with Gasteiger partial charge in [0.05, 0.1) is 0 Å². The number of hydrogen-bond acceptors (Lipinski definition) is 2. The highest BCUT2D eigenvalue weighted by Crippen LogP contribution is 2.16. The lowest BCUT2D eigenvalue weighted by Gasteiger charge is -2.19. The second-order valence-corrected chi connectivity index (χ2v) is 4.43. The van der Waals surface area contributed by atoms with Crippen molar-refractivity contribution in [3.8, 4) is 0 Å². The minimum absolute atomic E-state index is 0.483. The molecular formula is C12H24N2O. The monoisotopic (exact) mass is 212 g/mol. The molecule has 0 bridgehead atoms. The van der Waals surface area contributed by atoms with Crippen LogP contribution in [-0.2, 0) is 4.79 Å². The van der Waals surface area contributed by atoms with Crippen LogP contribution in [0, 0.1) is 0 Å². The van der Waals surface area contributed by atoms with Crippen LogP contribution >= 0.6 is 0 Å². The molecule has 1 aliphatic heterocycles. The predicted molar refractivity (Wildman–Crippen MR) is 62.8 cm³/mol. The summed E-state index contributed by atoms with van der Waals surface area (Å²) in [7, 11) is 0. The third-order valence-electron chi connectivity index (χ3n) is 3.12. The van der Waals surface area contributed by atoms with Gasteiger partial charge in [-0.2, -0.15) is 0 Å². The number of carbonyl (C=O) groups excluding carboxylic acids is 1. The number of carbonyl (C=O) groups is 1. The molecule has 2 fully saturated rings. The largest absolute Gasteiger partial charge is 0.356 e. The van der Waals surface area contributed by atoms with Crippen molar-refractivity contribution in [1.29, 1.82) is 0 Å². The van der Waals surface area contributed by atoms with E-state index in [-0.39, 0.29) is 0 Å². The topological polar surface area (TPSA) is 41.1 Å². The van der Waals surface area contributed by atoms with E-state index in [1.807, 2.05) is 0 Å². The average Bonchev–Trinajstić information content (AvgIpc) is 2.34. The Labute approximate surface area is 93.0 Å². The fourth-order valence-electron chi connectivity index (χ4n) is 2.17. The van der Waals surface area contributed by atoms with Crippen LogP contribution in [-0.4, -0.2) is 25.5 Å². The fraction of sp³-hybridized carbons (Fsp3) is 0.917. The molecule has 0 aromatic carbocycles. The Kier molecular flexibility index (Phi) is 7.26. The van der Waals surface area contributed by atoms with Crippen molar-refractivity contribution >= 4 is 6.41 Å². The molecule has 0 unspecified atom stereocenters. The first-order valence-corrected chi connectivity index (χ1v) is 6.34. The summed E-state index contributed by atoms with van der Waals surface area (Å²) in [5.74, 6) is 0. The molecule has 2 rings (SSSR count). The Morgan fingerprint density at radius 1 is 0.933 bits per heavy atom. The van der Waals surface area contributed by atoms with Gasteiger partial charge in [-0.25, -0.2) is 0 Å². The van der Waals surface area contributed by atoms with Crippen molar-refractivity contribution in [3.05, 3.63) is 0 Å². The second-order valence-electron chi connectivity index (χ2n) is 4.43. The maximum Gasteiger partial charge on any atom is 0.207 e. The van der Waals surface area contributed by atoms with E-state index in [9.17, 15) is 4.79 Å². The van der Waals surface area contributed by atoms with Gasteiger partial charge >= 0.3 is 0 Å². The molecule has 0 radical (unpaired) electrons. The number of nitrogens with one attached hydrogen (secondary N) is 2. The summed E-state index contributed by atoms with van der Waals surface area (Å²) in [4.78, 5) is 9.96. The van der Waals surface area contributed by atoms with Gasteiger partial charge in [0.25, 0.3) is 0 Å². The molecule has 1 saturated carbocycles. The van der Waals surface area contributed by atoms with Crippen LogP contribution in [0.15, 0.2) is 0 Å². The molecule has 3 nitrogen and oxygen atoms in total. The number of rotatable bonds is 2. The van der Waals surface area contributed by atoms with Gasteiger partial charge in [-0.1, -0.05) is 25.7 Å². The lowest BCUT2D eigenvalue weighted by Crippen LogP contribution is -2.29. The zero-order chi connectivity index (χ0) is 10.8. The highest BCUT2D eigenvalue weighted by molar-refractivity contribution is 5.46. The van der Waals surface area contributed by atoms with E-state index in [1.54, 1.807) is 0 Å². The van der Waals surface area contributed by atoms with Gasteiger partial charge in [-0.3, -0.25) is 4.79 Å². The highest BCUT2D eigenvalue weighted by Gasteiger charge is 2.10. The Bertz CT molecular complexity index is 140. The zero-order valence-corrected chi connectivity index (χ0v) is 9.63. The molecule has 1 saturated heterocycles.